The summed E-state index contributed by atoms with van der Waals surface area (Å²) in [5.41, 5.74) is 2.68. The first kappa shape index (κ1) is 11.5. The highest BCUT2D eigenvalue weighted by molar-refractivity contribution is 5.93. The Hall–Kier alpha value is -1.55. The summed E-state index contributed by atoms with van der Waals surface area (Å²) in [5, 5.41) is 9.15. The van der Waals surface area contributed by atoms with Crippen LogP contribution in [0.15, 0.2) is 24.3 Å². The Balaban J connectivity index is 2.47. The third-order valence-electron chi connectivity index (χ3n) is 1.69. The van der Waals surface area contributed by atoms with Crippen LogP contribution in [-0.2, 0) is 4.84 Å². The molecule has 1 aromatic carbocycles. The normalized spacial score (nSPS) is 10.3. The standard InChI is InChI=1S/C11H15NO3/c1-8(2)7-15-12-11(14)9-4-3-5-10(13)6-9/h3-6,8,13H,7H2,1-2H3,(H,12,14). The second-order valence-corrected chi connectivity index (χ2v) is 3.69. The van der Waals surface area contributed by atoms with E-state index in [1.165, 1.54) is 12.1 Å². The molecule has 0 atom stereocenters. The number of hydrogen-bond donors (Lipinski definition) is 2. The zero-order valence-electron chi connectivity index (χ0n) is 8.86. The highest BCUT2D eigenvalue weighted by Gasteiger charge is 2.05. The van der Waals surface area contributed by atoms with E-state index in [9.17, 15) is 4.79 Å². The number of phenolic OH excluding ortho intramolecular Hbond substituents is 1. The van der Waals surface area contributed by atoms with Gasteiger partial charge in [0.25, 0.3) is 5.91 Å². The number of hydroxylamine groups is 1. The van der Waals surface area contributed by atoms with E-state index in [-0.39, 0.29) is 11.7 Å². The summed E-state index contributed by atoms with van der Waals surface area (Å²) in [6.07, 6.45) is 0. The van der Waals surface area contributed by atoms with Crippen molar-refractivity contribution in [3.8, 4) is 5.75 Å². The molecule has 15 heavy (non-hydrogen) atoms. The van der Waals surface area contributed by atoms with Gasteiger partial charge in [-0.05, 0) is 24.1 Å². The maximum atomic E-state index is 11.4. The Morgan fingerprint density at radius 1 is 1.53 bits per heavy atom. The molecule has 0 saturated heterocycles. The minimum atomic E-state index is -0.355. The number of aromatic hydroxyl groups is 1. The van der Waals surface area contributed by atoms with Crippen LogP contribution in [0.3, 0.4) is 0 Å². The monoisotopic (exact) mass is 209 g/mol. The van der Waals surface area contributed by atoms with Crippen LogP contribution in [0.25, 0.3) is 0 Å². The topological polar surface area (TPSA) is 58.6 Å². The zero-order valence-corrected chi connectivity index (χ0v) is 8.86. The van der Waals surface area contributed by atoms with Gasteiger partial charge < -0.3 is 5.11 Å². The third-order valence-corrected chi connectivity index (χ3v) is 1.69. The molecule has 4 nitrogen and oxygen atoms in total. The number of rotatable bonds is 4. The van der Waals surface area contributed by atoms with E-state index in [2.05, 4.69) is 5.48 Å². The van der Waals surface area contributed by atoms with Gasteiger partial charge in [0.15, 0.2) is 0 Å². The van der Waals surface area contributed by atoms with Crippen molar-refractivity contribution in [1.82, 2.24) is 5.48 Å². The summed E-state index contributed by atoms with van der Waals surface area (Å²) in [5.74, 6) is 0.0625. The van der Waals surface area contributed by atoms with E-state index in [0.29, 0.717) is 18.1 Å². The van der Waals surface area contributed by atoms with Crippen molar-refractivity contribution >= 4 is 5.91 Å². The van der Waals surface area contributed by atoms with Crippen LogP contribution in [0.1, 0.15) is 24.2 Å². The summed E-state index contributed by atoms with van der Waals surface area (Å²) in [6, 6.07) is 6.10. The largest absolute Gasteiger partial charge is 0.508 e. The number of carbonyl (C=O) groups is 1. The summed E-state index contributed by atoms with van der Waals surface area (Å²) >= 11 is 0. The van der Waals surface area contributed by atoms with E-state index in [1.54, 1.807) is 12.1 Å². The van der Waals surface area contributed by atoms with Crippen molar-refractivity contribution in [3.63, 3.8) is 0 Å². The number of carbonyl (C=O) groups excluding carboxylic acids is 1. The lowest BCUT2D eigenvalue weighted by atomic mass is 10.2. The van der Waals surface area contributed by atoms with Crippen LogP contribution in [0, 0.1) is 5.92 Å². The van der Waals surface area contributed by atoms with E-state index in [0.717, 1.165) is 0 Å². The summed E-state index contributed by atoms with van der Waals surface area (Å²) in [7, 11) is 0. The summed E-state index contributed by atoms with van der Waals surface area (Å²) in [6.45, 7) is 4.44. The maximum absolute atomic E-state index is 11.4. The van der Waals surface area contributed by atoms with Crippen molar-refractivity contribution in [3.05, 3.63) is 29.8 Å². The molecule has 0 radical (unpaired) electrons. The molecule has 2 N–H and O–H groups in total. The lowest BCUT2D eigenvalue weighted by Crippen LogP contribution is -2.25. The molecule has 0 unspecified atom stereocenters. The third kappa shape index (κ3) is 3.99. The van der Waals surface area contributed by atoms with Gasteiger partial charge >= 0.3 is 0 Å². The van der Waals surface area contributed by atoms with Crippen LogP contribution in [0.2, 0.25) is 0 Å². The number of phenols is 1. The van der Waals surface area contributed by atoms with Crippen molar-refractivity contribution in [2.45, 2.75) is 13.8 Å². The molecule has 0 aliphatic rings. The number of amides is 1. The quantitative estimate of drug-likeness (QED) is 0.742. The molecule has 0 saturated carbocycles. The highest BCUT2D eigenvalue weighted by atomic mass is 16.6. The van der Waals surface area contributed by atoms with Crippen molar-refractivity contribution in [2.24, 2.45) is 5.92 Å². The summed E-state index contributed by atoms with van der Waals surface area (Å²) in [4.78, 5) is 16.4. The van der Waals surface area contributed by atoms with Gasteiger partial charge in [-0.1, -0.05) is 19.9 Å². The van der Waals surface area contributed by atoms with E-state index >= 15 is 0 Å². The van der Waals surface area contributed by atoms with E-state index in [4.69, 9.17) is 9.94 Å². The minimum absolute atomic E-state index is 0.0616. The van der Waals surface area contributed by atoms with Crippen molar-refractivity contribution in [2.75, 3.05) is 6.61 Å². The molecule has 1 rings (SSSR count). The molecule has 0 fully saturated rings. The molecule has 0 aliphatic carbocycles. The molecule has 0 aromatic heterocycles. The molecule has 0 aliphatic heterocycles. The average Bonchev–Trinajstić information content (AvgIpc) is 2.17. The average molecular weight is 209 g/mol. The second-order valence-electron chi connectivity index (χ2n) is 3.69. The SMILES string of the molecule is CC(C)CONC(=O)c1cccc(O)c1. The van der Waals surface area contributed by atoms with Crippen LogP contribution in [0.5, 0.6) is 5.75 Å². The Bertz CT molecular complexity index is 336. The Morgan fingerprint density at radius 3 is 2.87 bits per heavy atom. The fourth-order valence-electron chi connectivity index (χ4n) is 0.980. The van der Waals surface area contributed by atoms with Crippen molar-refractivity contribution in [1.29, 1.82) is 0 Å². The van der Waals surface area contributed by atoms with E-state index in [1.807, 2.05) is 13.8 Å². The molecule has 1 aromatic rings. The molecular formula is C11H15NO3. The molecule has 1 amide bonds. The minimum Gasteiger partial charge on any atom is -0.508 e. The molecule has 0 bridgehead atoms. The molecular weight excluding hydrogens is 194 g/mol. The lowest BCUT2D eigenvalue weighted by Gasteiger charge is -2.07. The first-order valence-electron chi connectivity index (χ1n) is 4.80. The molecule has 4 heteroatoms. The molecule has 0 spiro atoms. The second kappa shape index (κ2) is 5.36. The lowest BCUT2D eigenvalue weighted by molar-refractivity contribution is 0.0208. The Morgan fingerprint density at radius 2 is 2.27 bits per heavy atom. The highest BCUT2D eigenvalue weighted by Crippen LogP contribution is 2.10. The number of benzene rings is 1. The Kier molecular flexibility index (Phi) is 4.12. The van der Waals surface area contributed by atoms with Crippen molar-refractivity contribution < 1.29 is 14.7 Å². The maximum Gasteiger partial charge on any atom is 0.274 e. The van der Waals surface area contributed by atoms with Crippen LogP contribution >= 0.6 is 0 Å². The smallest absolute Gasteiger partial charge is 0.274 e. The number of nitrogens with one attached hydrogen (secondary N) is 1. The molecule has 0 heterocycles. The fourth-order valence-corrected chi connectivity index (χ4v) is 0.980. The van der Waals surface area contributed by atoms with Gasteiger partial charge in [0.2, 0.25) is 0 Å². The predicted molar refractivity (Wildman–Crippen MR) is 56.4 cm³/mol. The van der Waals surface area contributed by atoms with Gasteiger partial charge in [0, 0.05) is 5.56 Å². The first-order chi connectivity index (χ1) is 7.09. The van der Waals surface area contributed by atoms with Crippen LogP contribution in [-0.4, -0.2) is 17.6 Å². The van der Waals surface area contributed by atoms with Gasteiger partial charge in [-0.15, -0.1) is 0 Å². The van der Waals surface area contributed by atoms with Gasteiger partial charge in [-0.3, -0.25) is 9.63 Å². The van der Waals surface area contributed by atoms with Crippen LogP contribution < -0.4 is 5.48 Å². The van der Waals surface area contributed by atoms with Crippen LogP contribution in [0.4, 0.5) is 0 Å². The summed E-state index contributed by atoms with van der Waals surface area (Å²) < 4.78 is 0. The zero-order chi connectivity index (χ0) is 11.3. The predicted octanol–water partition coefficient (Wildman–Crippen LogP) is 1.71. The van der Waals surface area contributed by atoms with Gasteiger partial charge in [-0.2, -0.15) is 0 Å². The van der Waals surface area contributed by atoms with E-state index < -0.39 is 0 Å². The molecule has 82 valence electrons. The Labute approximate surface area is 88.8 Å². The fraction of sp³-hybridized carbons (Fsp3) is 0.364. The van der Waals surface area contributed by atoms with Gasteiger partial charge in [0.05, 0.1) is 6.61 Å². The first-order valence-corrected chi connectivity index (χ1v) is 4.80. The van der Waals surface area contributed by atoms with Gasteiger partial charge in [-0.25, -0.2) is 5.48 Å². The number of hydrogen-bond acceptors (Lipinski definition) is 3. The van der Waals surface area contributed by atoms with Gasteiger partial charge in [0.1, 0.15) is 5.75 Å².